The summed E-state index contributed by atoms with van der Waals surface area (Å²) in [5.41, 5.74) is 0.703. The van der Waals surface area contributed by atoms with Crippen LogP contribution in [0, 0.1) is 0 Å². The van der Waals surface area contributed by atoms with Gasteiger partial charge in [-0.1, -0.05) is 5.16 Å². The molecule has 1 heterocycles. The maximum absolute atomic E-state index is 12.1. The molecule has 1 saturated carbocycles. The fourth-order valence-corrected chi connectivity index (χ4v) is 3.50. The molecule has 2 aromatic rings. The van der Waals surface area contributed by atoms with Gasteiger partial charge in [0.1, 0.15) is 5.76 Å². The lowest BCUT2D eigenvalue weighted by Gasteiger charge is -2.10. The lowest BCUT2D eigenvalue weighted by Crippen LogP contribution is -2.30. The number of nitrogens with one attached hydrogen (secondary N) is 2. The zero-order chi connectivity index (χ0) is 17.3. The van der Waals surface area contributed by atoms with Gasteiger partial charge in [0, 0.05) is 23.7 Å². The number of anilines is 1. The Labute approximate surface area is 140 Å². The molecule has 0 aliphatic heterocycles. The Bertz CT molecular complexity index is 836. The van der Waals surface area contributed by atoms with E-state index in [9.17, 15) is 13.2 Å². The van der Waals surface area contributed by atoms with Crippen LogP contribution in [0.4, 0.5) is 5.69 Å². The number of nitrogens with zero attached hydrogens (tertiary/aromatic N) is 1. The number of benzene rings is 1. The molecule has 7 nitrogen and oxygen atoms in total. The van der Waals surface area contributed by atoms with Gasteiger partial charge in [0.05, 0.1) is 4.90 Å². The van der Waals surface area contributed by atoms with E-state index in [-0.39, 0.29) is 22.5 Å². The highest BCUT2D eigenvalue weighted by Gasteiger charge is 2.28. The van der Waals surface area contributed by atoms with E-state index in [1.807, 2.05) is 0 Å². The van der Waals surface area contributed by atoms with Crippen molar-refractivity contribution in [2.45, 2.75) is 43.5 Å². The van der Waals surface area contributed by atoms with Gasteiger partial charge in [-0.3, -0.25) is 4.79 Å². The molecule has 1 aliphatic rings. The molecule has 0 bridgehead atoms. The lowest BCUT2D eigenvalue weighted by atomic mass is 10.2. The number of carbonyl (C=O) groups is 1. The first-order valence-corrected chi connectivity index (χ1v) is 9.24. The van der Waals surface area contributed by atoms with Crippen molar-refractivity contribution in [1.29, 1.82) is 0 Å². The van der Waals surface area contributed by atoms with Crippen LogP contribution in [0.15, 0.2) is 39.8 Å². The number of rotatable bonds is 6. The molecule has 2 N–H and O–H groups in total. The second kappa shape index (κ2) is 6.37. The van der Waals surface area contributed by atoms with Gasteiger partial charge < -0.3 is 9.84 Å². The molecule has 1 fully saturated rings. The number of amides is 1. The first kappa shape index (κ1) is 16.7. The average molecular weight is 349 g/mol. The van der Waals surface area contributed by atoms with Crippen LogP contribution in [0.1, 0.15) is 48.9 Å². The Hall–Kier alpha value is -2.19. The molecule has 1 aromatic carbocycles. The molecular weight excluding hydrogens is 330 g/mol. The summed E-state index contributed by atoms with van der Waals surface area (Å²) < 4.78 is 31.8. The molecule has 0 radical (unpaired) electrons. The standard InChI is InChI=1S/C16H19N3O4S/c1-10(2)19-24(21,22)13-7-5-12(6-8-13)17-16(20)14-9-15(23-18-14)11-3-4-11/h5-11,19H,3-4H2,1-2H3,(H,17,20). The topological polar surface area (TPSA) is 101 Å². The van der Waals surface area contributed by atoms with E-state index in [1.54, 1.807) is 19.9 Å². The average Bonchev–Trinajstić information content (AvgIpc) is 3.23. The van der Waals surface area contributed by atoms with Gasteiger partial charge in [0.15, 0.2) is 5.69 Å². The van der Waals surface area contributed by atoms with Crippen molar-refractivity contribution >= 4 is 21.6 Å². The van der Waals surface area contributed by atoms with Gasteiger partial charge in [0.25, 0.3) is 5.91 Å². The van der Waals surface area contributed by atoms with Crippen molar-refractivity contribution in [3.63, 3.8) is 0 Å². The van der Waals surface area contributed by atoms with Crippen molar-refractivity contribution in [2.24, 2.45) is 0 Å². The molecule has 0 unspecified atom stereocenters. The van der Waals surface area contributed by atoms with E-state index in [2.05, 4.69) is 15.2 Å². The van der Waals surface area contributed by atoms with E-state index in [0.717, 1.165) is 18.6 Å². The van der Waals surface area contributed by atoms with Crippen LogP contribution in [0.3, 0.4) is 0 Å². The van der Waals surface area contributed by atoms with Gasteiger partial charge in [-0.2, -0.15) is 0 Å². The number of carbonyl (C=O) groups excluding carboxylic acids is 1. The molecule has 8 heteroatoms. The van der Waals surface area contributed by atoms with Gasteiger partial charge >= 0.3 is 0 Å². The first-order chi connectivity index (χ1) is 11.3. The zero-order valence-corrected chi connectivity index (χ0v) is 14.3. The van der Waals surface area contributed by atoms with Crippen molar-refractivity contribution in [1.82, 2.24) is 9.88 Å². The summed E-state index contributed by atoms with van der Waals surface area (Å²) in [6, 6.07) is 7.42. The minimum atomic E-state index is -3.55. The van der Waals surface area contributed by atoms with E-state index < -0.39 is 10.0 Å². The summed E-state index contributed by atoms with van der Waals surface area (Å²) >= 11 is 0. The number of sulfonamides is 1. The molecule has 0 saturated heterocycles. The predicted octanol–water partition coefficient (Wildman–Crippen LogP) is 2.49. The summed E-state index contributed by atoms with van der Waals surface area (Å²) in [6.07, 6.45) is 2.13. The van der Waals surface area contributed by atoms with Crippen LogP contribution in [-0.2, 0) is 10.0 Å². The van der Waals surface area contributed by atoms with Crippen molar-refractivity contribution in [2.75, 3.05) is 5.32 Å². The smallest absolute Gasteiger partial charge is 0.277 e. The largest absolute Gasteiger partial charge is 0.360 e. The van der Waals surface area contributed by atoms with E-state index >= 15 is 0 Å². The van der Waals surface area contributed by atoms with Gasteiger partial charge in [-0.25, -0.2) is 13.1 Å². The zero-order valence-electron chi connectivity index (χ0n) is 13.4. The summed E-state index contributed by atoms with van der Waals surface area (Å²) in [4.78, 5) is 12.3. The maximum Gasteiger partial charge on any atom is 0.277 e. The van der Waals surface area contributed by atoms with E-state index in [1.165, 1.54) is 24.3 Å². The molecule has 1 aliphatic carbocycles. The normalized spacial score (nSPS) is 14.8. The predicted molar refractivity (Wildman–Crippen MR) is 88.3 cm³/mol. The first-order valence-electron chi connectivity index (χ1n) is 7.75. The van der Waals surface area contributed by atoms with Crippen LogP contribution >= 0.6 is 0 Å². The van der Waals surface area contributed by atoms with Crippen molar-refractivity contribution < 1.29 is 17.7 Å². The minimum absolute atomic E-state index is 0.145. The molecular formula is C16H19N3O4S. The quantitative estimate of drug-likeness (QED) is 0.834. The fourth-order valence-electron chi connectivity index (χ4n) is 2.25. The number of hydrogen-bond donors (Lipinski definition) is 2. The molecule has 1 amide bonds. The Kier molecular flexibility index (Phi) is 4.42. The van der Waals surface area contributed by atoms with Crippen molar-refractivity contribution in [3.05, 3.63) is 41.8 Å². The van der Waals surface area contributed by atoms with Crippen molar-refractivity contribution in [3.8, 4) is 0 Å². The Balaban J connectivity index is 1.68. The lowest BCUT2D eigenvalue weighted by molar-refractivity contribution is 0.101. The highest BCUT2D eigenvalue weighted by molar-refractivity contribution is 7.89. The monoisotopic (exact) mass is 349 g/mol. The second-order valence-electron chi connectivity index (χ2n) is 6.14. The summed E-state index contributed by atoms with van der Waals surface area (Å²) in [6.45, 7) is 3.50. The van der Waals surface area contributed by atoms with Gasteiger partial charge in [0.2, 0.25) is 10.0 Å². The summed E-state index contributed by atoms with van der Waals surface area (Å²) in [5, 5.41) is 6.44. The third kappa shape index (κ3) is 3.82. The third-order valence-electron chi connectivity index (χ3n) is 3.55. The van der Waals surface area contributed by atoms with Crippen LogP contribution in [0.25, 0.3) is 0 Å². The fraction of sp³-hybridized carbons (Fsp3) is 0.375. The van der Waals surface area contributed by atoms with Gasteiger partial charge in [-0.05, 0) is 51.0 Å². The molecule has 3 rings (SSSR count). The van der Waals surface area contributed by atoms with Crippen LogP contribution in [-0.4, -0.2) is 25.5 Å². The molecule has 1 aromatic heterocycles. The molecule has 24 heavy (non-hydrogen) atoms. The maximum atomic E-state index is 12.1. The Morgan fingerprint density at radius 3 is 2.50 bits per heavy atom. The highest BCUT2D eigenvalue weighted by atomic mass is 32.2. The third-order valence-corrected chi connectivity index (χ3v) is 5.23. The SMILES string of the molecule is CC(C)NS(=O)(=O)c1ccc(NC(=O)c2cc(C3CC3)on2)cc1. The number of aromatic nitrogens is 1. The van der Waals surface area contributed by atoms with E-state index in [0.29, 0.717) is 11.6 Å². The summed E-state index contributed by atoms with van der Waals surface area (Å²) in [7, 11) is -3.55. The van der Waals surface area contributed by atoms with Gasteiger partial charge in [-0.15, -0.1) is 0 Å². The second-order valence-corrected chi connectivity index (χ2v) is 7.86. The molecule has 0 atom stereocenters. The van der Waals surface area contributed by atoms with Crippen LogP contribution in [0.5, 0.6) is 0 Å². The number of hydrogen-bond acceptors (Lipinski definition) is 5. The summed E-state index contributed by atoms with van der Waals surface area (Å²) in [5.74, 6) is 0.736. The van der Waals surface area contributed by atoms with Crippen LogP contribution < -0.4 is 10.0 Å². The molecule has 128 valence electrons. The Morgan fingerprint density at radius 2 is 1.92 bits per heavy atom. The minimum Gasteiger partial charge on any atom is -0.360 e. The Morgan fingerprint density at radius 1 is 1.25 bits per heavy atom. The molecule has 0 spiro atoms. The van der Waals surface area contributed by atoms with E-state index in [4.69, 9.17) is 4.52 Å². The highest BCUT2D eigenvalue weighted by Crippen LogP contribution is 2.40. The van der Waals surface area contributed by atoms with Crippen LogP contribution in [0.2, 0.25) is 0 Å².